The van der Waals surface area contributed by atoms with E-state index >= 15 is 0 Å². The molecule has 0 aliphatic rings. The Morgan fingerprint density at radius 3 is 2.50 bits per heavy atom. The smallest absolute Gasteiger partial charge is 0.211 e. The molecular formula is C12H10Br3NO2S2. The SMILES string of the molecule is O=S(=O)(NCCc1ccc(Br)s1)c1cc(Br)ccc1Br. The molecule has 1 aromatic heterocycles. The highest BCUT2D eigenvalue weighted by atomic mass is 79.9. The minimum Gasteiger partial charge on any atom is -0.211 e. The third kappa shape index (κ3) is 4.38. The van der Waals surface area contributed by atoms with E-state index in [-0.39, 0.29) is 4.90 Å². The first-order valence-electron chi connectivity index (χ1n) is 5.57. The topological polar surface area (TPSA) is 46.2 Å². The maximum atomic E-state index is 12.2. The molecule has 20 heavy (non-hydrogen) atoms. The van der Waals surface area contributed by atoms with Crippen molar-refractivity contribution in [2.75, 3.05) is 6.54 Å². The maximum absolute atomic E-state index is 12.2. The van der Waals surface area contributed by atoms with Gasteiger partial charge in [-0.3, -0.25) is 0 Å². The van der Waals surface area contributed by atoms with Gasteiger partial charge in [-0.2, -0.15) is 0 Å². The highest BCUT2D eigenvalue weighted by molar-refractivity contribution is 9.11. The highest BCUT2D eigenvalue weighted by Gasteiger charge is 2.17. The summed E-state index contributed by atoms with van der Waals surface area (Å²) in [5.41, 5.74) is 0. The van der Waals surface area contributed by atoms with Crippen molar-refractivity contribution in [2.45, 2.75) is 11.3 Å². The first-order valence-corrected chi connectivity index (χ1v) is 10.3. The van der Waals surface area contributed by atoms with E-state index in [9.17, 15) is 8.42 Å². The van der Waals surface area contributed by atoms with Gasteiger partial charge in [0.05, 0.1) is 8.68 Å². The van der Waals surface area contributed by atoms with Crippen LogP contribution in [0.15, 0.2) is 48.0 Å². The van der Waals surface area contributed by atoms with Gasteiger partial charge in [0.25, 0.3) is 0 Å². The molecule has 1 N–H and O–H groups in total. The number of hydrogen-bond donors (Lipinski definition) is 1. The summed E-state index contributed by atoms with van der Waals surface area (Å²) in [6, 6.07) is 9.01. The molecule has 0 aliphatic heterocycles. The lowest BCUT2D eigenvalue weighted by molar-refractivity contribution is 0.581. The molecule has 8 heteroatoms. The van der Waals surface area contributed by atoms with Gasteiger partial charge in [0.2, 0.25) is 10.0 Å². The average molecular weight is 504 g/mol. The molecular weight excluding hydrogens is 494 g/mol. The second-order valence-electron chi connectivity index (χ2n) is 3.93. The molecule has 0 saturated carbocycles. The molecule has 0 aliphatic carbocycles. The first kappa shape index (κ1) is 16.6. The van der Waals surface area contributed by atoms with Crippen LogP contribution in [0.25, 0.3) is 0 Å². The van der Waals surface area contributed by atoms with Gasteiger partial charge in [-0.05, 0) is 68.6 Å². The molecule has 0 radical (unpaired) electrons. The van der Waals surface area contributed by atoms with Gasteiger partial charge in [0.1, 0.15) is 0 Å². The molecule has 0 saturated heterocycles. The third-order valence-electron chi connectivity index (χ3n) is 2.48. The van der Waals surface area contributed by atoms with Gasteiger partial charge >= 0.3 is 0 Å². The monoisotopic (exact) mass is 501 g/mol. The standard InChI is InChI=1S/C12H10Br3NO2S2/c13-8-1-3-10(14)11(7-8)20(17,18)16-6-5-9-2-4-12(15)19-9/h1-4,7,16H,5-6H2. The second kappa shape index (κ2) is 7.02. The Morgan fingerprint density at radius 1 is 1.10 bits per heavy atom. The minimum absolute atomic E-state index is 0.235. The van der Waals surface area contributed by atoms with Crippen molar-refractivity contribution in [3.05, 3.63) is 47.9 Å². The number of halogens is 3. The van der Waals surface area contributed by atoms with Gasteiger partial charge in [-0.15, -0.1) is 11.3 Å². The van der Waals surface area contributed by atoms with Crippen LogP contribution in [-0.2, 0) is 16.4 Å². The molecule has 2 rings (SSSR count). The van der Waals surface area contributed by atoms with Crippen molar-refractivity contribution < 1.29 is 8.42 Å². The molecule has 2 aromatic rings. The largest absolute Gasteiger partial charge is 0.241 e. The van der Waals surface area contributed by atoms with E-state index in [0.717, 1.165) is 13.1 Å². The first-order chi connectivity index (χ1) is 9.38. The number of sulfonamides is 1. The highest BCUT2D eigenvalue weighted by Crippen LogP contribution is 2.26. The number of benzene rings is 1. The zero-order valence-electron chi connectivity index (χ0n) is 10.1. The fourth-order valence-corrected chi connectivity index (χ4v) is 5.57. The molecule has 0 atom stereocenters. The molecule has 0 unspecified atom stereocenters. The lowest BCUT2D eigenvalue weighted by atomic mass is 10.3. The Hall–Kier alpha value is 0.270. The van der Waals surface area contributed by atoms with E-state index in [1.165, 1.54) is 0 Å². The summed E-state index contributed by atoms with van der Waals surface area (Å²) < 4.78 is 29.4. The van der Waals surface area contributed by atoms with E-state index in [1.807, 2.05) is 12.1 Å². The van der Waals surface area contributed by atoms with Crippen LogP contribution in [0.3, 0.4) is 0 Å². The van der Waals surface area contributed by atoms with E-state index in [2.05, 4.69) is 52.5 Å². The Kier molecular flexibility index (Phi) is 5.84. The molecule has 0 bridgehead atoms. The average Bonchev–Trinajstić information content (AvgIpc) is 2.78. The van der Waals surface area contributed by atoms with Crippen LogP contribution >= 0.6 is 59.1 Å². The van der Waals surface area contributed by atoms with Crippen LogP contribution in [0.1, 0.15) is 4.88 Å². The summed E-state index contributed by atoms with van der Waals surface area (Å²) >= 11 is 11.5. The van der Waals surface area contributed by atoms with Crippen molar-refractivity contribution in [3.8, 4) is 0 Å². The van der Waals surface area contributed by atoms with Crippen molar-refractivity contribution in [1.82, 2.24) is 4.72 Å². The van der Waals surface area contributed by atoms with Gasteiger partial charge in [-0.1, -0.05) is 15.9 Å². The van der Waals surface area contributed by atoms with Gasteiger partial charge in [0, 0.05) is 20.4 Å². The van der Waals surface area contributed by atoms with Crippen molar-refractivity contribution in [2.24, 2.45) is 0 Å². The Morgan fingerprint density at radius 2 is 1.85 bits per heavy atom. The van der Waals surface area contributed by atoms with Gasteiger partial charge in [-0.25, -0.2) is 13.1 Å². The van der Waals surface area contributed by atoms with Crippen molar-refractivity contribution in [3.63, 3.8) is 0 Å². The van der Waals surface area contributed by atoms with Crippen LogP contribution in [0, 0.1) is 0 Å². The van der Waals surface area contributed by atoms with Crippen LogP contribution in [-0.4, -0.2) is 15.0 Å². The van der Waals surface area contributed by atoms with Crippen LogP contribution in [0.2, 0.25) is 0 Å². The normalized spacial score (nSPS) is 11.8. The van der Waals surface area contributed by atoms with Crippen molar-refractivity contribution in [1.29, 1.82) is 0 Å². The Balaban J connectivity index is 2.06. The fraction of sp³-hybridized carbons (Fsp3) is 0.167. The quantitative estimate of drug-likeness (QED) is 0.650. The Bertz CT molecular complexity index is 713. The van der Waals surface area contributed by atoms with Gasteiger partial charge < -0.3 is 0 Å². The van der Waals surface area contributed by atoms with E-state index in [4.69, 9.17) is 0 Å². The number of nitrogens with one attached hydrogen (secondary N) is 1. The lowest BCUT2D eigenvalue weighted by Gasteiger charge is -2.08. The number of rotatable bonds is 5. The fourth-order valence-electron chi connectivity index (χ4n) is 1.56. The summed E-state index contributed by atoms with van der Waals surface area (Å²) in [6.07, 6.45) is 0.668. The molecule has 3 nitrogen and oxygen atoms in total. The van der Waals surface area contributed by atoms with Crippen LogP contribution in [0.4, 0.5) is 0 Å². The molecule has 108 valence electrons. The van der Waals surface area contributed by atoms with Crippen LogP contribution < -0.4 is 4.72 Å². The lowest BCUT2D eigenvalue weighted by Crippen LogP contribution is -2.26. The minimum atomic E-state index is -3.51. The summed E-state index contributed by atoms with van der Waals surface area (Å²) in [5, 5.41) is 0. The predicted octanol–water partition coefficient (Wildman–Crippen LogP) is 4.56. The molecule has 1 aromatic carbocycles. The third-order valence-corrected chi connectivity index (χ3v) is 7.11. The van der Waals surface area contributed by atoms with E-state index in [0.29, 0.717) is 17.4 Å². The molecule has 0 spiro atoms. The summed E-state index contributed by atoms with van der Waals surface area (Å²) in [5.74, 6) is 0. The summed E-state index contributed by atoms with van der Waals surface area (Å²) in [6.45, 7) is 0.369. The second-order valence-corrected chi connectivity index (χ2v) is 9.98. The number of thiophene rings is 1. The Labute approximate surface area is 147 Å². The predicted molar refractivity (Wildman–Crippen MR) is 92.8 cm³/mol. The summed E-state index contributed by atoms with van der Waals surface area (Å²) in [4.78, 5) is 1.37. The van der Waals surface area contributed by atoms with Crippen LogP contribution in [0.5, 0.6) is 0 Å². The zero-order valence-corrected chi connectivity index (χ0v) is 16.5. The molecule has 0 fully saturated rings. The van der Waals surface area contributed by atoms with E-state index in [1.54, 1.807) is 29.5 Å². The van der Waals surface area contributed by atoms with E-state index < -0.39 is 10.0 Å². The molecule has 0 amide bonds. The van der Waals surface area contributed by atoms with Crippen molar-refractivity contribution >= 4 is 69.1 Å². The zero-order chi connectivity index (χ0) is 14.8. The maximum Gasteiger partial charge on any atom is 0.241 e. The summed E-state index contributed by atoms with van der Waals surface area (Å²) in [7, 11) is -3.51. The number of hydrogen-bond acceptors (Lipinski definition) is 3. The molecule has 1 heterocycles. The van der Waals surface area contributed by atoms with Gasteiger partial charge in [0.15, 0.2) is 0 Å².